The fourth-order valence-electron chi connectivity index (χ4n) is 5.36. The Bertz CT molecular complexity index is 794. The first-order valence-electron chi connectivity index (χ1n) is 10.6. The van der Waals surface area contributed by atoms with Crippen molar-refractivity contribution in [3.05, 3.63) is 66.0 Å². The molecule has 0 saturated carbocycles. The molecule has 2 aromatic rings. The molecule has 0 aliphatic carbocycles. The Morgan fingerprint density at radius 1 is 1.11 bits per heavy atom. The molecule has 2 saturated heterocycles. The van der Waals surface area contributed by atoms with Crippen LogP contribution in [0.1, 0.15) is 56.3 Å². The first kappa shape index (κ1) is 19.1. The normalized spacial score (nSPS) is 28.4. The SMILES string of the molecule is CN1[C@H]2CCCCCN(C(=O)Cc3ccccn3)[C@@]2(C)C[C@H]1c1ccccc1. The van der Waals surface area contributed by atoms with Gasteiger partial charge in [-0.05, 0) is 50.9 Å². The number of fused-ring (bicyclic) bond motifs is 1. The van der Waals surface area contributed by atoms with Crippen molar-refractivity contribution in [2.45, 2.75) is 63.1 Å². The molecular weight excluding hydrogens is 346 g/mol. The number of likely N-dealkylation sites (N-methyl/N-ethyl adjacent to an activating group) is 1. The summed E-state index contributed by atoms with van der Waals surface area (Å²) in [6.07, 6.45) is 7.85. The van der Waals surface area contributed by atoms with Crippen LogP contribution in [0.4, 0.5) is 0 Å². The molecule has 3 heterocycles. The van der Waals surface area contributed by atoms with Gasteiger partial charge in [-0.2, -0.15) is 0 Å². The van der Waals surface area contributed by atoms with E-state index in [-0.39, 0.29) is 11.4 Å². The fourth-order valence-corrected chi connectivity index (χ4v) is 5.36. The minimum atomic E-state index is -0.137. The van der Waals surface area contributed by atoms with Crippen molar-refractivity contribution in [2.75, 3.05) is 13.6 Å². The molecule has 4 rings (SSSR count). The molecule has 1 amide bonds. The average Bonchev–Trinajstić information content (AvgIpc) is 2.94. The molecule has 0 radical (unpaired) electrons. The standard InChI is InChI=1S/C24H31N3O/c1-24-18-21(19-11-5-3-6-12-19)26(2)22(24)14-7-4-10-16-27(24)23(28)17-20-13-8-9-15-25-20/h3,5-6,8-9,11-13,15,21-22H,4,7,10,14,16-18H2,1-2H3/t21-,22-,24-/m0/s1. The zero-order chi connectivity index (χ0) is 19.6. The second-order valence-electron chi connectivity index (χ2n) is 8.56. The second-order valence-corrected chi connectivity index (χ2v) is 8.56. The molecule has 148 valence electrons. The van der Waals surface area contributed by atoms with Crippen molar-refractivity contribution >= 4 is 5.91 Å². The maximum Gasteiger partial charge on any atom is 0.229 e. The van der Waals surface area contributed by atoms with Crippen LogP contribution in [0.3, 0.4) is 0 Å². The Kier molecular flexibility index (Phi) is 5.49. The van der Waals surface area contributed by atoms with Crippen LogP contribution in [-0.4, -0.2) is 45.9 Å². The van der Waals surface area contributed by atoms with Crippen LogP contribution in [-0.2, 0) is 11.2 Å². The van der Waals surface area contributed by atoms with Gasteiger partial charge < -0.3 is 4.90 Å². The van der Waals surface area contributed by atoms with E-state index in [2.05, 4.69) is 59.1 Å². The van der Waals surface area contributed by atoms with E-state index < -0.39 is 0 Å². The first-order valence-corrected chi connectivity index (χ1v) is 10.6. The summed E-state index contributed by atoms with van der Waals surface area (Å²) in [4.78, 5) is 22.5. The second kappa shape index (κ2) is 8.04. The van der Waals surface area contributed by atoms with E-state index in [1.54, 1.807) is 6.20 Å². The Labute approximate surface area is 168 Å². The summed E-state index contributed by atoms with van der Waals surface area (Å²) >= 11 is 0. The van der Waals surface area contributed by atoms with Crippen LogP contribution in [0.5, 0.6) is 0 Å². The third-order valence-electron chi connectivity index (χ3n) is 6.83. The number of hydrogen-bond donors (Lipinski definition) is 0. The fraction of sp³-hybridized carbons (Fsp3) is 0.500. The molecule has 4 nitrogen and oxygen atoms in total. The smallest absolute Gasteiger partial charge is 0.229 e. The predicted octanol–water partition coefficient (Wildman–Crippen LogP) is 4.23. The van der Waals surface area contributed by atoms with E-state index in [1.807, 2.05) is 18.2 Å². The van der Waals surface area contributed by atoms with E-state index in [0.717, 1.165) is 31.5 Å². The highest BCUT2D eigenvalue weighted by Crippen LogP contribution is 2.47. The van der Waals surface area contributed by atoms with Crippen LogP contribution in [0.2, 0.25) is 0 Å². The van der Waals surface area contributed by atoms with Gasteiger partial charge >= 0.3 is 0 Å². The Hall–Kier alpha value is -2.20. The molecule has 0 bridgehead atoms. The van der Waals surface area contributed by atoms with Crippen molar-refractivity contribution in [3.63, 3.8) is 0 Å². The van der Waals surface area contributed by atoms with Gasteiger partial charge in [-0.15, -0.1) is 0 Å². The van der Waals surface area contributed by atoms with E-state index in [9.17, 15) is 4.79 Å². The quantitative estimate of drug-likeness (QED) is 0.803. The maximum absolute atomic E-state index is 13.4. The predicted molar refractivity (Wildman–Crippen MR) is 112 cm³/mol. The molecule has 0 unspecified atom stereocenters. The van der Waals surface area contributed by atoms with Gasteiger partial charge in [-0.3, -0.25) is 14.7 Å². The topological polar surface area (TPSA) is 36.4 Å². The van der Waals surface area contributed by atoms with Gasteiger partial charge in [0.1, 0.15) is 0 Å². The van der Waals surface area contributed by atoms with Crippen LogP contribution in [0.15, 0.2) is 54.7 Å². The molecule has 4 heteroatoms. The lowest BCUT2D eigenvalue weighted by Gasteiger charge is -2.45. The van der Waals surface area contributed by atoms with E-state index in [4.69, 9.17) is 0 Å². The summed E-state index contributed by atoms with van der Waals surface area (Å²) in [6, 6.07) is 17.3. The largest absolute Gasteiger partial charge is 0.335 e. The van der Waals surface area contributed by atoms with Gasteiger partial charge in [0, 0.05) is 30.5 Å². The van der Waals surface area contributed by atoms with Gasteiger partial charge in [0.05, 0.1) is 12.0 Å². The molecule has 2 aliphatic heterocycles. The number of benzene rings is 1. The van der Waals surface area contributed by atoms with Crippen molar-refractivity contribution in [3.8, 4) is 0 Å². The Morgan fingerprint density at radius 3 is 2.64 bits per heavy atom. The van der Waals surface area contributed by atoms with Gasteiger partial charge in [0.15, 0.2) is 0 Å². The van der Waals surface area contributed by atoms with Gasteiger partial charge in [-0.25, -0.2) is 0 Å². The van der Waals surface area contributed by atoms with Gasteiger partial charge in [-0.1, -0.05) is 49.2 Å². The number of hydrogen-bond acceptors (Lipinski definition) is 3. The van der Waals surface area contributed by atoms with Gasteiger partial charge in [0.2, 0.25) is 5.91 Å². The highest BCUT2D eigenvalue weighted by molar-refractivity contribution is 5.79. The molecule has 2 aliphatic rings. The van der Waals surface area contributed by atoms with E-state index >= 15 is 0 Å². The lowest BCUT2D eigenvalue weighted by Crippen LogP contribution is -2.57. The van der Waals surface area contributed by atoms with Crippen molar-refractivity contribution < 1.29 is 4.79 Å². The third-order valence-corrected chi connectivity index (χ3v) is 6.83. The maximum atomic E-state index is 13.4. The average molecular weight is 378 g/mol. The van der Waals surface area contributed by atoms with Crippen LogP contribution in [0, 0.1) is 0 Å². The van der Waals surface area contributed by atoms with Crippen molar-refractivity contribution in [1.82, 2.24) is 14.8 Å². The Morgan fingerprint density at radius 2 is 1.89 bits per heavy atom. The monoisotopic (exact) mass is 377 g/mol. The van der Waals surface area contributed by atoms with Crippen LogP contribution in [0.25, 0.3) is 0 Å². The number of amides is 1. The molecule has 0 N–H and O–H groups in total. The summed E-state index contributed by atoms with van der Waals surface area (Å²) in [5.41, 5.74) is 2.08. The number of nitrogens with zero attached hydrogens (tertiary/aromatic N) is 3. The van der Waals surface area contributed by atoms with E-state index in [1.165, 1.54) is 18.4 Å². The molecule has 1 aromatic heterocycles. The molecule has 2 fully saturated rings. The summed E-state index contributed by atoms with van der Waals surface area (Å²) < 4.78 is 0. The number of carbonyl (C=O) groups excluding carboxylic acids is 1. The number of rotatable bonds is 3. The summed E-state index contributed by atoms with van der Waals surface area (Å²) in [6.45, 7) is 3.17. The number of likely N-dealkylation sites (tertiary alicyclic amines) is 2. The molecule has 1 aromatic carbocycles. The zero-order valence-electron chi connectivity index (χ0n) is 17.1. The summed E-state index contributed by atoms with van der Waals surface area (Å²) in [5.74, 6) is 0.218. The number of pyridine rings is 1. The van der Waals surface area contributed by atoms with Crippen LogP contribution >= 0.6 is 0 Å². The summed E-state index contributed by atoms with van der Waals surface area (Å²) in [5, 5.41) is 0. The number of aromatic nitrogens is 1. The molecular formula is C24H31N3O. The van der Waals surface area contributed by atoms with Crippen molar-refractivity contribution in [2.24, 2.45) is 0 Å². The lowest BCUT2D eigenvalue weighted by molar-refractivity contribution is -0.138. The van der Waals surface area contributed by atoms with Crippen LogP contribution < -0.4 is 0 Å². The minimum absolute atomic E-state index is 0.137. The molecule has 0 spiro atoms. The van der Waals surface area contributed by atoms with Gasteiger partial charge in [0.25, 0.3) is 0 Å². The number of carbonyl (C=O) groups is 1. The summed E-state index contributed by atoms with van der Waals surface area (Å²) in [7, 11) is 2.25. The zero-order valence-corrected chi connectivity index (χ0v) is 17.1. The van der Waals surface area contributed by atoms with E-state index in [0.29, 0.717) is 18.5 Å². The molecule has 28 heavy (non-hydrogen) atoms. The Balaban J connectivity index is 1.63. The first-order chi connectivity index (χ1) is 13.6. The van der Waals surface area contributed by atoms with Crippen molar-refractivity contribution in [1.29, 1.82) is 0 Å². The third kappa shape index (κ3) is 3.58. The lowest BCUT2D eigenvalue weighted by atomic mass is 9.83. The molecule has 3 atom stereocenters. The highest BCUT2D eigenvalue weighted by Gasteiger charge is 2.52. The highest BCUT2D eigenvalue weighted by atomic mass is 16.2. The minimum Gasteiger partial charge on any atom is -0.335 e.